The Morgan fingerprint density at radius 2 is 2.08 bits per heavy atom. The lowest BCUT2D eigenvalue weighted by molar-refractivity contribution is 0.0697. The molecule has 4 nitrogen and oxygen atoms in total. The number of aromatic nitrogens is 1. The minimum absolute atomic E-state index is 0.361. The molecule has 4 rings (SSSR count). The van der Waals surface area contributed by atoms with Gasteiger partial charge in [-0.15, -0.1) is 0 Å². The van der Waals surface area contributed by atoms with Crippen molar-refractivity contribution in [3.8, 4) is 0 Å². The van der Waals surface area contributed by atoms with Gasteiger partial charge in [0.15, 0.2) is 0 Å². The lowest BCUT2D eigenvalue weighted by atomic mass is 9.81. The van der Waals surface area contributed by atoms with Crippen LogP contribution in [0, 0.1) is 5.92 Å². The fraction of sp³-hybridized carbons (Fsp3) is 0.200. The molecule has 0 bridgehead atoms. The lowest BCUT2D eigenvalue weighted by Crippen LogP contribution is -2.17. The van der Waals surface area contributed by atoms with Crippen molar-refractivity contribution in [2.75, 3.05) is 0 Å². The predicted molar refractivity (Wildman–Crippen MR) is 92.8 cm³/mol. The zero-order valence-electron chi connectivity index (χ0n) is 13.3. The van der Waals surface area contributed by atoms with Crippen molar-refractivity contribution >= 4 is 28.5 Å². The smallest absolute Gasteiger partial charge is 0.336 e. The Hall–Kier alpha value is -2.88. The van der Waals surface area contributed by atoms with Crippen LogP contribution in [0.5, 0.6) is 0 Å². The Morgan fingerprint density at radius 3 is 2.83 bits per heavy atom. The molecule has 3 aromatic rings. The summed E-state index contributed by atoms with van der Waals surface area (Å²) in [7, 11) is 0. The molecule has 24 heavy (non-hydrogen) atoms. The van der Waals surface area contributed by atoms with E-state index in [1.54, 1.807) is 6.26 Å². The van der Waals surface area contributed by atoms with Crippen LogP contribution in [0.3, 0.4) is 0 Å². The third-order valence-corrected chi connectivity index (χ3v) is 4.49. The zero-order chi connectivity index (χ0) is 16.7. The van der Waals surface area contributed by atoms with Crippen molar-refractivity contribution < 1.29 is 14.3 Å². The van der Waals surface area contributed by atoms with E-state index < -0.39 is 5.97 Å². The molecule has 0 unspecified atom stereocenters. The van der Waals surface area contributed by atoms with Crippen molar-refractivity contribution in [2.24, 2.45) is 5.92 Å². The van der Waals surface area contributed by atoms with Gasteiger partial charge in [-0.3, -0.25) is 0 Å². The normalized spacial score (nSPS) is 18.7. The summed E-state index contributed by atoms with van der Waals surface area (Å²) in [6.45, 7) is 2.14. The van der Waals surface area contributed by atoms with Crippen LogP contribution < -0.4 is 0 Å². The fourth-order valence-electron chi connectivity index (χ4n) is 3.53. The van der Waals surface area contributed by atoms with E-state index in [1.165, 1.54) is 0 Å². The number of aromatic carboxylic acids is 1. The third kappa shape index (κ3) is 2.40. The molecule has 0 fully saturated rings. The Balaban J connectivity index is 2.02. The SMILES string of the molecule is C[C@H]1C/C(=C/c2ccco2)c2nc3ccccc3c(C(=O)O)c2C1. The molecular formula is C20H17NO3. The van der Waals surface area contributed by atoms with E-state index in [-0.39, 0.29) is 0 Å². The van der Waals surface area contributed by atoms with Crippen LogP contribution in [0.1, 0.15) is 40.7 Å². The molecule has 0 saturated carbocycles. The van der Waals surface area contributed by atoms with Crippen LogP contribution in [-0.4, -0.2) is 16.1 Å². The second kappa shape index (κ2) is 5.64. The molecule has 120 valence electrons. The summed E-state index contributed by atoms with van der Waals surface area (Å²) >= 11 is 0. The molecule has 0 saturated heterocycles. The second-order valence-corrected chi connectivity index (χ2v) is 6.33. The lowest BCUT2D eigenvalue weighted by Gasteiger charge is -2.25. The van der Waals surface area contributed by atoms with Crippen molar-refractivity contribution in [3.63, 3.8) is 0 Å². The number of allylic oxidation sites excluding steroid dienone is 1. The number of carboxylic acids is 1. The van der Waals surface area contributed by atoms with E-state index in [9.17, 15) is 9.90 Å². The molecule has 1 aromatic carbocycles. The molecule has 0 spiro atoms. The molecule has 1 atom stereocenters. The highest BCUT2D eigenvalue weighted by molar-refractivity contribution is 6.05. The maximum atomic E-state index is 12.0. The first-order valence-corrected chi connectivity index (χ1v) is 8.03. The van der Waals surface area contributed by atoms with Crippen molar-refractivity contribution in [3.05, 3.63) is 65.2 Å². The van der Waals surface area contributed by atoms with E-state index in [0.717, 1.165) is 35.4 Å². The minimum atomic E-state index is -0.892. The Kier molecular flexibility index (Phi) is 3.45. The first kappa shape index (κ1) is 14.7. The van der Waals surface area contributed by atoms with E-state index in [0.29, 0.717) is 22.4 Å². The molecular weight excluding hydrogens is 302 g/mol. The summed E-state index contributed by atoms with van der Waals surface area (Å²) in [5, 5.41) is 10.5. The summed E-state index contributed by atoms with van der Waals surface area (Å²) in [5.41, 5.74) is 3.76. The molecule has 1 N–H and O–H groups in total. The van der Waals surface area contributed by atoms with Crippen LogP contribution in [0.2, 0.25) is 0 Å². The topological polar surface area (TPSA) is 63.3 Å². The van der Waals surface area contributed by atoms with Crippen LogP contribution >= 0.6 is 0 Å². The monoisotopic (exact) mass is 319 g/mol. The number of carboxylic acid groups (broad SMARTS) is 1. The quantitative estimate of drug-likeness (QED) is 0.747. The number of furan rings is 1. The maximum absolute atomic E-state index is 12.0. The number of rotatable bonds is 2. The van der Waals surface area contributed by atoms with Gasteiger partial charge in [-0.2, -0.15) is 0 Å². The summed E-state index contributed by atoms with van der Waals surface area (Å²) in [6, 6.07) is 11.2. The molecule has 0 radical (unpaired) electrons. The number of hydrogen-bond acceptors (Lipinski definition) is 3. The number of fused-ring (bicyclic) bond motifs is 2. The standard InChI is InChI=1S/C20H17NO3/c1-12-9-13(11-14-5-4-8-24-14)19-16(10-12)18(20(22)23)15-6-2-3-7-17(15)21-19/h2-8,11-12H,9-10H2,1H3,(H,22,23)/b13-11-/t12-/m0/s1. The Labute approximate surface area is 139 Å². The molecule has 1 aliphatic carbocycles. The second-order valence-electron chi connectivity index (χ2n) is 6.33. The highest BCUT2D eigenvalue weighted by Crippen LogP contribution is 2.38. The first-order valence-electron chi connectivity index (χ1n) is 8.03. The third-order valence-electron chi connectivity index (χ3n) is 4.49. The van der Waals surface area contributed by atoms with Gasteiger partial charge in [0.1, 0.15) is 5.76 Å². The van der Waals surface area contributed by atoms with Crippen LogP contribution in [0.25, 0.3) is 22.6 Å². The first-order chi connectivity index (χ1) is 11.6. The molecule has 4 heteroatoms. The van der Waals surface area contributed by atoms with Gasteiger partial charge in [-0.05, 0) is 54.2 Å². The number of nitrogens with zero attached hydrogens (tertiary/aromatic N) is 1. The summed E-state index contributed by atoms with van der Waals surface area (Å²) in [6.07, 6.45) is 5.19. The highest BCUT2D eigenvalue weighted by Gasteiger charge is 2.27. The number of benzene rings is 1. The van der Waals surface area contributed by atoms with Crippen LogP contribution in [0.15, 0.2) is 47.1 Å². The largest absolute Gasteiger partial charge is 0.478 e. The summed E-state index contributed by atoms with van der Waals surface area (Å²) < 4.78 is 5.43. The predicted octanol–water partition coefficient (Wildman–Crippen LogP) is 4.65. The summed E-state index contributed by atoms with van der Waals surface area (Å²) in [4.78, 5) is 16.7. The van der Waals surface area contributed by atoms with Crippen LogP contribution in [0.4, 0.5) is 0 Å². The average molecular weight is 319 g/mol. The molecule has 1 aliphatic rings. The van der Waals surface area contributed by atoms with Crippen molar-refractivity contribution in [1.82, 2.24) is 4.98 Å². The maximum Gasteiger partial charge on any atom is 0.336 e. The average Bonchev–Trinajstić information content (AvgIpc) is 3.05. The molecule has 2 aromatic heterocycles. The summed E-state index contributed by atoms with van der Waals surface area (Å²) in [5.74, 6) is 0.230. The Bertz CT molecular complexity index is 954. The van der Waals surface area contributed by atoms with E-state index in [1.807, 2.05) is 42.5 Å². The van der Waals surface area contributed by atoms with Crippen molar-refractivity contribution in [1.29, 1.82) is 0 Å². The van der Waals surface area contributed by atoms with Crippen molar-refractivity contribution in [2.45, 2.75) is 19.8 Å². The van der Waals surface area contributed by atoms with Gasteiger partial charge >= 0.3 is 5.97 Å². The van der Waals surface area contributed by atoms with Gasteiger partial charge in [0.2, 0.25) is 0 Å². The van der Waals surface area contributed by atoms with Crippen LogP contribution in [-0.2, 0) is 6.42 Å². The number of para-hydroxylation sites is 1. The molecule has 0 aliphatic heterocycles. The van der Waals surface area contributed by atoms with Gasteiger partial charge in [0.05, 0.1) is 23.0 Å². The zero-order valence-corrected chi connectivity index (χ0v) is 13.3. The van der Waals surface area contributed by atoms with Gasteiger partial charge < -0.3 is 9.52 Å². The molecule has 2 heterocycles. The molecule has 0 amide bonds. The van der Waals surface area contributed by atoms with E-state index in [4.69, 9.17) is 9.40 Å². The number of carbonyl (C=O) groups is 1. The number of pyridine rings is 1. The highest BCUT2D eigenvalue weighted by atomic mass is 16.4. The van der Waals surface area contributed by atoms with Gasteiger partial charge in [-0.1, -0.05) is 25.1 Å². The fourth-order valence-corrected chi connectivity index (χ4v) is 3.53. The number of hydrogen-bond donors (Lipinski definition) is 1. The van der Waals surface area contributed by atoms with Gasteiger partial charge in [-0.25, -0.2) is 9.78 Å². The van der Waals surface area contributed by atoms with Gasteiger partial charge in [0, 0.05) is 5.39 Å². The van der Waals surface area contributed by atoms with E-state index in [2.05, 4.69) is 6.92 Å². The van der Waals surface area contributed by atoms with Gasteiger partial charge in [0.25, 0.3) is 0 Å². The van der Waals surface area contributed by atoms with E-state index >= 15 is 0 Å². The Morgan fingerprint density at radius 1 is 1.25 bits per heavy atom. The minimum Gasteiger partial charge on any atom is -0.478 e.